The molecule has 0 aliphatic carbocycles. The molecule has 1 saturated heterocycles. The molecule has 3 aromatic rings. The number of nitrogens with zero attached hydrogens (tertiary/aromatic N) is 2. The number of ether oxygens (including phenoxy) is 1. The van der Waals surface area contributed by atoms with E-state index in [2.05, 4.69) is 29.2 Å². The minimum absolute atomic E-state index is 0.0844. The monoisotopic (exact) mass is 420 g/mol. The Hall–Kier alpha value is -2.92. The minimum Gasteiger partial charge on any atom is -0.489 e. The van der Waals surface area contributed by atoms with Crippen molar-refractivity contribution in [2.75, 3.05) is 19.6 Å². The minimum atomic E-state index is -0.275. The van der Waals surface area contributed by atoms with Gasteiger partial charge in [-0.05, 0) is 73.7 Å². The number of benzene rings is 2. The maximum Gasteiger partial charge on any atom is 0.254 e. The largest absolute Gasteiger partial charge is 0.489 e. The van der Waals surface area contributed by atoms with E-state index in [0.717, 1.165) is 24.9 Å². The molecule has 0 amide bonds. The smallest absolute Gasteiger partial charge is 0.254 e. The number of pyridine rings is 1. The van der Waals surface area contributed by atoms with Crippen LogP contribution in [0.5, 0.6) is 5.75 Å². The van der Waals surface area contributed by atoms with E-state index in [0.29, 0.717) is 18.9 Å². The molecule has 0 spiro atoms. The van der Waals surface area contributed by atoms with Crippen molar-refractivity contribution in [1.29, 1.82) is 0 Å². The highest BCUT2D eigenvalue weighted by atomic mass is 19.1. The highest BCUT2D eigenvalue weighted by Gasteiger charge is 2.10. The lowest BCUT2D eigenvalue weighted by atomic mass is 10.1. The number of aromatic nitrogens is 1. The van der Waals surface area contributed by atoms with E-state index < -0.39 is 0 Å². The second-order valence-electron chi connectivity index (χ2n) is 8.17. The number of rotatable bonds is 9. The standard InChI is InChI=1S/C26H29FN2O2/c27-24-9-7-23(8-10-24)20-31-25-13-18-29(26(30)19-25)17-12-22-5-3-21(4-6-22)11-16-28-14-1-2-15-28/h3-10,13,18-19H,1-2,11-12,14-17,20H2. The molecule has 1 aliphatic heterocycles. The Morgan fingerprint density at radius 1 is 0.806 bits per heavy atom. The Labute approximate surface area is 182 Å². The van der Waals surface area contributed by atoms with Crippen LogP contribution in [0, 0.1) is 5.82 Å². The molecular weight excluding hydrogens is 391 g/mol. The molecule has 1 aromatic heterocycles. The van der Waals surface area contributed by atoms with Crippen LogP contribution in [-0.2, 0) is 26.0 Å². The lowest BCUT2D eigenvalue weighted by Crippen LogP contribution is -2.21. The molecule has 162 valence electrons. The second kappa shape index (κ2) is 10.4. The first-order valence-electron chi connectivity index (χ1n) is 11.0. The van der Waals surface area contributed by atoms with Gasteiger partial charge in [-0.3, -0.25) is 4.79 Å². The van der Waals surface area contributed by atoms with Crippen molar-refractivity contribution in [1.82, 2.24) is 9.47 Å². The fraction of sp³-hybridized carbons (Fsp3) is 0.346. The van der Waals surface area contributed by atoms with Gasteiger partial charge in [0.2, 0.25) is 0 Å². The number of halogens is 1. The molecule has 0 radical (unpaired) electrons. The molecule has 4 nitrogen and oxygen atoms in total. The normalized spacial score (nSPS) is 14.1. The maximum atomic E-state index is 13.0. The zero-order chi connectivity index (χ0) is 21.5. The molecule has 2 heterocycles. The lowest BCUT2D eigenvalue weighted by Gasteiger charge is -2.14. The van der Waals surface area contributed by atoms with E-state index in [-0.39, 0.29) is 11.4 Å². The Morgan fingerprint density at radius 2 is 1.42 bits per heavy atom. The number of likely N-dealkylation sites (tertiary alicyclic amines) is 1. The summed E-state index contributed by atoms with van der Waals surface area (Å²) in [4.78, 5) is 14.9. The van der Waals surface area contributed by atoms with E-state index in [1.165, 1.54) is 55.3 Å². The van der Waals surface area contributed by atoms with Gasteiger partial charge in [0, 0.05) is 25.4 Å². The van der Waals surface area contributed by atoms with Gasteiger partial charge in [0.1, 0.15) is 18.2 Å². The fourth-order valence-electron chi connectivity index (χ4n) is 3.93. The molecule has 5 heteroatoms. The Morgan fingerprint density at radius 3 is 2.06 bits per heavy atom. The summed E-state index contributed by atoms with van der Waals surface area (Å²) in [7, 11) is 0. The van der Waals surface area contributed by atoms with Crippen molar-refractivity contribution in [2.45, 2.75) is 38.8 Å². The van der Waals surface area contributed by atoms with Gasteiger partial charge < -0.3 is 14.2 Å². The summed E-state index contributed by atoms with van der Waals surface area (Å²) < 4.78 is 20.3. The number of hydrogen-bond donors (Lipinski definition) is 0. The summed E-state index contributed by atoms with van der Waals surface area (Å²) in [6, 6.07) is 18.2. The first-order chi connectivity index (χ1) is 15.2. The van der Waals surface area contributed by atoms with Crippen LogP contribution < -0.4 is 10.3 Å². The highest BCUT2D eigenvalue weighted by Crippen LogP contribution is 2.13. The van der Waals surface area contributed by atoms with Gasteiger partial charge in [-0.2, -0.15) is 0 Å². The van der Waals surface area contributed by atoms with Gasteiger partial charge in [-0.1, -0.05) is 36.4 Å². The summed E-state index contributed by atoms with van der Waals surface area (Å²) in [5.41, 5.74) is 3.37. The van der Waals surface area contributed by atoms with Crippen molar-refractivity contribution in [3.63, 3.8) is 0 Å². The molecular formula is C26H29FN2O2. The van der Waals surface area contributed by atoms with E-state index in [1.54, 1.807) is 29.0 Å². The molecule has 0 bridgehead atoms. The van der Waals surface area contributed by atoms with Crippen molar-refractivity contribution in [3.05, 3.63) is 99.7 Å². The number of aryl methyl sites for hydroxylation is 2. The fourth-order valence-corrected chi connectivity index (χ4v) is 3.93. The molecule has 1 aliphatic rings. The predicted octanol–water partition coefficient (Wildman–Crippen LogP) is 4.45. The van der Waals surface area contributed by atoms with E-state index in [1.807, 2.05) is 0 Å². The average molecular weight is 421 g/mol. The third kappa shape index (κ3) is 6.28. The summed E-state index contributed by atoms with van der Waals surface area (Å²) in [6.45, 7) is 4.55. The first-order valence-corrected chi connectivity index (χ1v) is 11.0. The van der Waals surface area contributed by atoms with Crippen molar-refractivity contribution in [3.8, 4) is 5.75 Å². The van der Waals surface area contributed by atoms with Gasteiger partial charge in [0.25, 0.3) is 5.56 Å². The van der Waals surface area contributed by atoms with Gasteiger partial charge in [0.05, 0.1) is 0 Å². The molecule has 0 N–H and O–H groups in total. The van der Waals surface area contributed by atoms with Crippen molar-refractivity contribution >= 4 is 0 Å². The van der Waals surface area contributed by atoms with Crippen LogP contribution in [0.25, 0.3) is 0 Å². The van der Waals surface area contributed by atoms with Crippen LogP contribution in [0.4, 0.5) is 4.39 Å². The summed E-state index contributed by atoms with van der Waals surface area (Å²) in [5, 5.41) is 0. The zero-order valence-electron chi connectivity index (χ0n) is 17.8. The van der Waals surface area contributed by atoms with Crippen LogP contribution in [0.1, 0.15) is 29.5 Å². The molecule has 0 saturated carbocycles. The molecule has 4 rings (SSSR count). The van der Waals surface area contributed by atoms with Crippen molar-refractivity contribution in [2.24, 2.45) is 0 Å². The van der Waals surface area contributed by atoms with Crippen LogP contribution in [0.2, 0.25) is 0 Å². The first kappa shape index (κ1) is 21.3. The summed E-state index contributed by atoms with van der Waals surface area (Å²) in [5.74, 6) is 0.246. The topological polar surface area (TPSA) is 34.5 Å². The third-order valence-electron chi connectivity index (χ3n) is 5.87. The van der Waals surface area contributed by atoms with E-state index >= 15 is 0 Å². The van der Waals surface area contributed by atoms with Crippen LogP contribution >= 0.6 is 0 Å². The third-order valence-corrected chi connectivity index (χ3v) is 5.87. The maximum absolute atomic E-state index is 13.0. The SMILES string of the molecule is O=c1cc(OCc2ccc(F)cc2)ccn1CCc1ccc(CCN2CCCC2)cc1. The zero-order valence-corrected chi connectivity index (χ0v) is 17.8. The van der Waals surface area contributed by atoms with Crippen LogP contribution in [-0.4, -0.2) is 29.1 Å². The summed E-state index contributed by atoms with van der Waals surface area (Å²) >= 11 is 0. The second-order valence-corrected chi connectivity index (χ2v) is 8.17. The average Bonchev–Trinajstić information content (AvgIpc) is 3.31. The molecule has 1 fully saturated rings. The predicted molar refractivity (Wildman–Crippen MR) is 121 cm³/mol. The van der Waals surface area contributed by atoms with Gasteiger partial charge >= 0.3 is 0 Å². The Bertz CT molecular complexity index is 1020. The van der Waals surface area contributed by atoms with Gasteiger partial charge in [-0.15, -0.1) is 0 Å². The quantitative estimate of drug-likeness (QED) is 0.513. The molecule has 0 atom stereocenters. The molecule has 2 aromatic carbocycles. The van der Waals surface area contributed by atoms with Crippen LogP contribution in [0.3, 0.4) is 0 Å². The lowest BCUT2D eigenvalue weighted by molar-refractivity contribution is 0.304. The van der Waals surface area contributed by atoms with E-state index in [9.17, 15) is 9.18 Å². The Balaban J connectivity index is 1.26. The molecule has 31 heavy (non-hydrogen) atoms. The van der Waals surface area contributed by atoms with Gasteiger partial charge in [0.15, 0.2) is 0 Å². The van der Waals surface area contributed by atoms with Crippen molar-refractivity contribution < 1.29 is 9.13 Å². The Kier molecular flexibility index (Phi) is 7.15. The van der Waals surface area contributed by atoms with E-state index in [4.69, 9.17) is 4.74 Å². The summed E-state index contributed by atoms with van der Waals surface area (Å²) in [6.07, 6.45) is 6.34. The molecule has 0 unspecified atom stereocenters. The van der Waals surface area contributed by atoms with Gasteiger partial charge in [-0.25, -0.2) is 4.39 Å². The highest BCUT2D eigenvalue weighted by molar-refractivity contribution is 5.24. The number of hydrogen-bond acceptors (Lipinski definition) is 3. The van der Waals surface area contributed by atoms with Crippen LogP contribution in [0.15, 0.2) is 71.7 Å².